The summed E-state index contributed by atoms with van der Waals surface area (Å²) in [6.45, 7) is -0.229. The highest BCUT2D eigenvalue weighted by Crippen LogP contribution is 2.30. The van der Waals surface area contributed by atoms with Crippen LogP contribution in [0.2, 0.25) is 0 Å². The number of likely N-dealkylation sites (N-methyl/N-ethyl adjacent to an activating group) is 1. The number of carbonyl (C=O) groups is 1. The van der Waals surface area contributed by atoms with E-state index in [0.717, 1.165) is 46.8 Å². The Morgan fingerprint density at radius 2 is 2.00 bits per heavy atom. The van der Waals surface area contributed by atoms with Crippen molar-refractivity contribution in [2.45, 2.75) is 19.3 Å². The fourth-order valence-corrected chi connectivity index (χ4v) is 3.12. The van der Waals surface area contributed by atoms with E-state index in [1.807, 2.05) is 30.3 Å². The third kappa shape index (κ3) is 3.34. The molecule has 1 aromatic carbocycles. The largest absolute Gasteiger partial charge is 0.309 e. The molecule has 7 nitrogen and oxygen atoms in total. The van der Waals surface area contributed by atoms with Crippen molar-refractivity contribution in [3.63, 3.8) is 0 Å². The summed E-state index contributed by atoms with van der Waals surface area (Å²) < 4.78 is 25.7. The van der Waals surface area contributed by atoms with Crippen LogP contribution in [0, 0.1) is 0 Å². The molecule has 0 aliphatic heterocycles. The Kier molecular flexibility index (Phi) is 4.42. The fraction of sp³-hybridized carbons (Fsp3) is 0.375. The van der Waals surface area contributed by atoms with Crippen LogP contribution in [0.4, 0.5) is 5.82 Å². The number of amides is 1. The molecule has 0 radical (unpaired) electrons. The molecule has 0 atom stereocenters. The summed E-state index contributed by atoms with van der Waals surface area (Å²) in [5.74, 6) is 0.260. The molecule has 1 aliphatic carbocycles. The van der Waals surface area contributed by atoms with Gasteiger partial charge < -0.3 is 5.32 Å². The van der Waals surface area contributed by atoms with Crippen molar-refractivity contribution in [2.24, 2.45) is 0 Å². The Hall–Kier alpha value is -2.19. The highest BCUT2D eigenvalue weighted by Gasteiger charge is 2.25. The Morgan fingerprint density at radius 1 is 1.29 bits per heavy atom. The minimum Gasteiger partial charge on any atom is -0.309 e. The maximum atomic E-state index is 12.3. The van der Waals surface area contributed by atoms with Crippen molar-refractivity contribution in [1.82, 2.24) is 14.1 Å². The van der Waals surface area contributed by atoms with Crippen LogP contribution < -0.4 is 5.32 Å². The molecule has 0 saturated heterocycles. The summed E-state index contributed by atoms with van der Waals surface area (Å²) in [6, 6.07) is 9.57. The number of hydrogen-bond acceptors (Lipinski definition) is 4. The summed E-state index contributed by atoms with van der Waals surface area (Å²) >= 11 is 0. The maximum absolute atomic E-state index is 12.3. The van der Waals surface area contributed by atoms with Gasteiger partial charge in [-0.15, -0.1) is 0 Å². The summed E-state index contributed by atoms with van der Waals surface area (Å²) in [5, 5.41) is 7.46. The number of para-hydroxylation sites is 1. The minimum absolute atomic E-state index is 0.229. The Bertz CT molecular complexity index is 859. The van der Waals surface area contributed by atoms with Crippen molar-refractivity contribution in [1.29, 1.82) is 0 Å². The van der Waals surface area contributed by atoms with Gasteiger partial charge in [0.1, 0.15) is 5.82 Å². The first-order valence-electron chi connectivity index (χ1n) is 7.73. The number of sulfonamides is 1. The van der Waals surface area contributed by atoms with E-state index in [1.165, 1.54) is 7.05 Å². The van der Waals surface area contributed by atoms with Gasteiger partial charge in [0.15, 0.2) is 0 Å². The summed E-state index contributed by atoms with van der Waals surface area (Å²) in [5.41, 5.74) is 2.89. The molecule has 1 aliphatic rings. The number of fused-ring (bicyclic) bond motifs is 1. The third-order valence-electron chi connectivity index (χ3n) is 4.10. The van der Waals surface area contributed by atoms with Gasteiger partial charge in [-0.05, 0) is 31.4 Å². The summed E-state index contributed by atoms with van der Waals surface area (Å²) in [7, 11) is -2.02. The predicted molar refractivity (Wildman–Crippen MR) is 91.7 cm³/mol. The van der Waals surface area contributed by atoms with E-state index < -0.39 is 10.0 Å². The smallest absolute Gasteiger partial charge is 0.240 e. The Morgan fingerprint density at radius 3 is 2.67 bits per heavy atom. The molecule has 1 aromatic heterocycles. The van der Waals surface area contributed by atoms with Gasteiger partial charge in [-0.3, -0.25) is 4.79 Å². The van der Waals surface area contributed by atoms with E-state index in [9.17, 15) is 13.2 Å². The van der Waals surface area contributed by atoms with Gasteiger partial charge in [0.25, 0.3) is 0 Å². The van der Waals surface area contributed by atoms with Gasteiger partial charge in [-0.25, -0.2) is 13.1 Å². The van der Waals surface area contributed by atoms with Crippen molar-refractivity contribution in [2.75, 3.05) is 25.2 Å². The van der Waals surface area contributed by atoms with Crippen molar-refractivity contribution >= 4 is 21.7 Å². The summed E-state index contributed by atoms with van der Waals surface area (Å²) in [6.07, 6.45) is 3.84. The lowest BCUT2D eigenvalue weighted by Gasteiger charge is -2.15. The van der Waals surface area contributed by atoms with Crippen LogP contribution in [-0.2, 0) is 27.7 Å². The Labute approximate surface area is 141 Å². The van der Waals surface area contributed by atoms with Crippen LogP contribution in [0.25, 0.3) is 5.69 Å². The molecule has 24 heavy (non-hydrogen) atoms. The van der Waals surface area contributed by atoms with Gasteiger partial charge in [-0.1, -0.05) is 18.2 Å². The van der Waals surface area contributed by atoms with Gasteiger partial charge in [0, 0.05) is 12.6 Å². The first kappa shape index (κ1) is 16.7. The minimum atomic E-state index is -3.40. The highest BCUT2D eigenvalue weighted by atomic mass is 32.2. The molecule has 128 valence electrons. The van der Waals surface area contributed by atoms with Crippen LogP contribution in [-0.4, -0.2) is 48.3 Å². The molecule has 0 saturated carbocycles. The SMILES string of the molecule is CN(CC(=O)Nc1c2c(nn1-c1ccccc1)CCC2)S(C)(=O)=O. The molecule has 8 heteroatoms. The predicted octanol–water partition coefficient (Wildman–Crippen LogP) is 1.19. The number of aryl methyl sites for hydroxylation is 1. The molecule has 0 spiro atoms. The quantitative estimate of drug-likeness (QED) is 0.880. The van der Waals surface area contributed by atoms with E-state index in [1.54, 1.807) is 4.68 Å². The molecule has 1 heterocycles. The van der Waals surface area contributed by atoms with Gasteiger partial charge >= 0.3 is 0 Å². The Balaban J connectivity index is 1.89. The molecular weight excluding hydrogens is 328 g/mol. The molecule has 2 aromatic rings. The average molecular weight is 348 g/mol. The maximum Gasteiger partial charge on any atom is 0.240 e. The molecule has 0 bridgehead atoms. The van der Waals surface area contributed by atoms with Crippen LogP contribution in [0.3, 0.4) is 0 Å². The lowest BCUT2D eigenvalue weighted by Crippen LogP contribution is -2.34. The van der Waals surface area contributed by atoms with E-state index >= 15 is 0 Å². The molecular formula is C16H20N4O3S. The number of nitrogens with one attached hydrogen (secondary N) is 1. The van der Waals surface area contributed by atoms with Gasteiger partial charge in [0.2, 0.25) is 15.9 Å². The average Bonchev–Trinajstić information content (AvgIpc) is 3.10. The van der Waals surface area contributed by atoms with E-state index in [4.69, 9.17) is 0 Å². The second kappa shape index (κ2) is 6.37. The first-order chi connectivity index (χ1) is 11.4. The van der Waals surface area contributed by atoms with E-state index in [0.29, 0.717) is 5.82 Å². The van der Waals surface area contributed by atoms with Crippen molar-refractivity contribution < 1.29 is 13.2 Å². The van der Waals surface area contributed by atoms with Gasteiger partial charge in [0.05, 0.1) is 24.2 Å². The van der Waals surface area contributed by atoms with Gasteiger partial charge in [-0.2, -0.15) is 9.40 Å². The first-order valence-corrected chi connectivity index (χ1v) is 9.58. The number of benzene rings is 1. The van der Waals surface area contributed by atoms with Crippen molar-refractivity contribution in [3.8, 4) is 5.69 Å². The number of aromatic nitrogens is 2. The molecule has 0 fully saturated rings. The van der Waals surface area contributed by atoms with Crippen LogP contribution in [0.1, 0.15) is 17.7 Å². The zero-order valence-corrected chi connectivity index (χ0v) is 14.5. The zero-order chi connectivity index (χ0) is 17.3. The molecule has 0 unspecified atom stereocenters. The van der Waals surface area contributed by atoms with Crippen LogP contribution in [0.5, 0.6) is 0 Å². The van der Waals surface area contributed by atoms with Crippen LogP contribution >= 0.6 is 0 Å². The summed E-state index contributed by atoms with van der Waals surface area (Å²) in [4.78, 5) is 12.3. The number of nitrogens with zero attached hydrogens (tertiary/aromatic N) is 3. The zero-order valence-electron chi connectivity index (χ0n) is 13.7. The molecule has 1 amide bonds. The van der Waals surface area contributed by atoms with Crippen molar-refractivity contribution in [3.05, 3.63) is 41.6 Å². The normalized spacial score (nSPS) is 14.0. The fourth-order valence-electron chi connectivity index (χ4n) is 2.77. The van der Waals surface area contributed by atoms with E-state index in [-0.39, 0.29) is 12.5 Å². The van der Waals surface area contributed by atoms with Crippen LogP contribution in [0.15, 0.2) is 30.3 Å². The number of anilines is 1. The second-order valence-corrected chi connectivity index (χ2v) is 8.03. The number of hydrogen-bond donors (Lipinski definition) is 1. The standard InChI is InChI=1S/C16H20N4O3S/c1-19(24(2,22)23)11-15(21)17-16-13-9-6-10-14(13)18-20(16)12-7-4-3-5-8-12/h3-5,7-8H,6,9-11H2,1-2H3,(H,17,21). The number of rotatable bonds is 5. The highest BCUT2D eigenvalue weighted by molar-refractivity contribution is 7.88. The monoisotopic (exact) mass is 348 g/mol. The number of carbonyl (C=O) groups excluding carboxylic acids is 1. The van der Waals surface area contributed by atoms with E-state index in [2.05, 4.69) is 10.4 Å². The third-order valence-corrected chi connectivity index (χ3v) is 5.36. The second-order valence-electron chi connectivity index (χ2n) is 5.94. The lowest BCUT2D eigenvalue weighted by atomic mass is 10.2. The molecule has 1 N–H and O–H groups in total. The topological polar surface area (TPSA) is 84.3 Å². The lowest BCUT2D eigenvalue weighted by molar-refractivity contribution is -0.116. The molecule has 3 rings (SSSR count).